The van der Waals surface area contributed by atoms with Gasteiger partial charge in [-0.05, 0) is 56.5 Å². The Morgan fingerprint density at radius 3 is 2.85 bits per heavy atom. The van der Waals surface area contributed by atoms with Gasteiger partial charge < -0.3 is 20.7 Å². The maximum Gasteiger partial charge on any atom is 0.119 e. The van der Waals surface area contributed by atoms with E-state index in [1.807, 2.05) is 12.1 Å². The highest BCUT2D eigenvalue weighted by Gasteiger charge is 2.40. The standard InChI is InChI=1S/C16H25N3O/c1-20-15-6-4-13(5-7-15)18-16(12-17)8-10-19-9-2-3-14(19)11-16/h4-7,14,18H,2-3,8-12,17H2,1H3. The first kappa shape index (κ1) is 13.7. The number of nitrogens with one attached hydrogen (secondary N) is 1. The van der Waals surface area contributed by atoms with E-state index in [4.69, 9.17) is 10.5 Å². The van der Waals surface area contributed by atoms with Gasteiger partial charge in [-0.1, -0.05) is 0 Å². The van der Waals surface area contributed by atoms with Gasteiger partial charge in [-0.3, -0.25) is 0 Å². The number of hydrogen-bond donors (Lipinski definition) is 2. The molecule has 0 aromatic heterocycles. The van der Waals surface area contributed by atoms with Gasteiger partial charge in [-0.25, -0.2) is 0 Å². The van der Waals surface area contributed by atoms with Crippen molar-refractivity contribution in [1.29, 1.82) is 0 Å². The lowest BCUT2D eigenvalue weighted by atomic mass is 9.83. The van der Waals surface area contributed by atoms with Gasteiger partial charge in [0.2, 0.25) is 0 Å². The van der Waals surface area contributed by atoms with Crippen molar-refractivity contribution in [2.24, 2.45) is 5.73 Å². The van der Waals surface area contributed by atoms with Crippen LogP contribution in [0.3, 0.4) is 0 Å². The Balaban J connectivity index is 1.72. The quantitative estimate of drug-likeness (QED) is 0.883. The van der Waals surface area contributed by atoms with E-state index in [1.54, 1.807) is 7.11 Å². The van der Waals surface area contributed by atoms with Gasteiger partial charge in [-0.15, -0.1) is 0 Å². The molecule has 2 atom stereocenters. The summed E-state index contributed by atoms with van der Waals surface area (Å²) in [6.07, 6.45) is 4.96. The number of hydrogen-bond acceptors (Lipinski definition) is 4. The van der Waals surface area contributed by atoms with E-state index in [0.717, 1.165) is 30.3 Å². The average molecular weight is 275 g/mol. The van der Waals surface area contributed by atoms with Crippen molar-refractivity contribution in [3.63, 3.8) is 0 Å². The SMILES string of the molecule is COc1ccc(NC2(CN)CCN3CCCC3C2)cc1. The number of nitrogens with two attached hydrogens (primary N) is 1. The third-order valence-corrected chi connectivity index (χ3v) is 4.89. The maximum atomic E-state index is 6.12. The number of benzene rings is 1. The van der Waals surface area contributed by atoms with Crippen LogP contribution < -0.4 is 15.8 Å². The summed E-state index contributed by atoms with van der Waals surface area (Å²) in [7, 11) is 1.69. The molecule has 110 valence electrons. The molecule has 2 unspecified atom stereocenters. The lowest BCUT2D eigenvalue weighted by Crippen LogP contribution is -2.55. The molecule has 0 spiro atoms. The van der Waals surface area contributed by atoms with Crippen LogP contribution in [0.25, 0.3) is 0 Å². The van der Waals surface area contributed by atoms with E-state index in [0.29, 0.717) is 6.54 Å². The minimum absolute atomic E-state index is 0.0556. The average Bonchev–Trinajstić information content (AvgIpc) is 2.95. The van der Waals surface area contributed by atoms with E-state index in [9.17, 15) is 0 Å². The van der Waals surface area contributed by atoms with Crippen molar-refractivity contribution in [2.45, 2.75) is 37.3 Å². The number of fused-ring (bicyclic) bond motifs is 1. The fraction of sp³-hybridized carbons (Fsp3) is 0.625. The number of rotatable bonds is 4. The van der Waals surface area contributed by atoms with E-state index in [2.05, 4.69) is 22.3 Å². The lowest BCUT2D eigenvalue weighted by Gasteiger charge is -2.44. The molecule has 0 aliphatic carbocycles. The van der Waals surface area contributed by atoms with Crippen LogP contribution in [0.2, 0.25) is 0 Å². The molecule has 3 N–H and O–H groups in total. The fourth-order valence-electron chi connectivity index (χ4n) is 3.66. The van der Waals surface area contributed by atoms with E-state index in [-0.39, 0.29) is 5.54 Å². The number of anilines is 1. The molecule has 0 amide bonds. The van der Waals surface area contributed by atoms with Crippen LogP contribution in [0.1, 0.15) is 25.7 Å². The molecule has 4 heteroatoms. The summed E-state index contributed by atoms with van der Waals surface area (Å²) in [4.78, 5) is 2.63. The highest BCUT2D eigenvalue weighted by Crippen LogP contribution is 2.35. The predicted molar refractivity (Wildman–Crippen MR) is 82.2 cm³/mol. The monoisotopic (exact) mass is 275 g/mol. The van der Waals surface area contributed by atoms with E-state index >= 15 is 0 Å². The summed E-state index contributed by atoms with van der Waals surface area (Å²) >= 11 is 0. The highest BCUT2D eigenvalue weighted by atomic mass is 16.5. The van der Waals surface area contributed by atoms with Crippen molar-refractivity contribution < 1.29 is 4.74 Å². The van der Waals surface area contributed by atoms with Gasteiger partial charge in [-0.2, -0.15) is 0 Å². The van der Waals surface area contributed by atoms with Crippen LogP contribution in [-0.4, -0.2) is 43.2 Å². The number of ether oxygens (including phenoxy) is 1. The summed E-state index contributed by atoms with van der Waals surface area (Å²) < 4.78 is 5.21. The largest absolute Gasteiger partial charge is 0.497 e. The Hall–Kier alpha value is -1.26. The zero-order chi connectivity index (χ0) is 14.0. The van der Waals surface area contributed by atoms with Crippen LogP contribution in [0.4, 0.5) is 5.69 Å². The van der Waals surface area contributed by atoms with E-state index in [1.165, 1.54) is 25.9 Å². The summed E-state index contributed by atoms with van der Waals surface area (Å²) in [5, 5.41) is 3.70. The van der Waals surface area contributed by atoms with Crippen LogP contribution in [0.5, 0.6) is 5.75 Å². The first-order chi connectivity index (χ1) is 9.74. The molecule has 20 heavy (non-hydrogen) atoms. The Morgan fingerprint density at radius 2 is 2.15 bits per heavy atom. The molecule has 1 aromatic rings. The number of nitrogens with zero attached hydrogens (tertiary/aromatic N) is 1. The normalized spacial score (nSPS) is 30.0. The molecule has 2 aliphatic heterocycles. The number of methoxy groups -OCH3 is 1. The summed E-state index contributed by atoms with van der Waals surface area (Å²) in [6, 6.07) is 8.88. The minimum atomic E-state index is 0.0556. The minimum Gasteiger partial charge on any atom is -0.497 e. The van der Waals surface area contributed by atoms with Gasteiger partial charge in [0.05, 0.1) is 12.6 Å². The third-order valence-electron chi connectivity index (χ3n) is 4.89. The first-order valence-electron chi connectivity index (χ1n) is 7.61. The van der Waals surface area contributed by atoms with Crippen LogP contribution >= 0.6 is 0 Å². The van der Waals surface area contributed by atoms with Crippen molar-refractivity contribution in [3.05, 3.63) is 24.3 Å². The van der Waals surface area contributed by atoms with Crippen LogP contribution in [0.15, 0.2) is 24.3 Å². The second kappa shape index (κ2) is 5.62. The molecular formula is C16H25N3O. The summed E-state index contributed by atoms with van der Waals surface area (Å²) in [5.41, 5.74) is 7.32. The molecule has 3 rings (SSSR count). The van der Waals surface area contributed by atoms with Gasteiger partial charge in [0.25, 0.3) is 0 Å². The van der Waals surface area contributed by atoms with Crippen molar-refractivity contribution in [2.75, 3.05) is 32.1 Å². The molecule has 0 bridgehead atoms. The molecule has 2 fully saturated rings. The van der Waals surface area contributed by atoms with Crippen LogP contribution in [0, 0.1) is 0 Å². The second-order valence-corrected chi connectivity index (χ2v) is 6.12. The first-order valence-corrected chi connectivity index (χ1v) is 7.61. The van der Waals surface area contributed by atoms with Crippen molar-refractivity contribution >= 4 is 5.69 Å². The van der Waals surface area contributed by atoms with Gasteiger partial charge >= 0.3 is 0 Å². The molecule has 0 radical (unpaired) electrons. The molecule has 2 heterocycles. The second-order valence-electron chi connectivity index (χ2n) is 6.12. The maximum absolute atomic E-state index is 6.12. The zero-order valence-electron chi connectivity index (χ0n) is 12.3. The molecule has 2 aliphatic rings. The molecular weight excluding hydrogens is 250 g/mol. The fourth-order valence-corrected chi connectivity index (χ4v) is 3.66. The molecule has 0 saturated carbocycles. The van der Waals surface area contributed by atoms with Crippen molar-refractivity contribution in [3.8, 4) is 5.75 Å². The Kier molecular flexibility index (Phi) is 3.85. The lowest BCUT2D eigenvalue weighted by molar-refractivity contribution is 0.145. The molecule has 1 aromatic carbocycles. The van der Waals surface area contributed by atoms with Gasteiger partial charge in [0.15, 0.2) is 0 Å². The molecule has 4 nitrogen and oxygen atoms in total. The summed E-state index contributed by atoms with van der Waals surface area (Å²) in [5.74, 6) is 0.892. The Labute approximate surface area is 121 Å². The Bertz CT molecular complexity index is 448. The van der Waals surface area contributed by atoms with Gasteiger partial charge in [0, 0.05) is 24.8 Å². The van der Waals surface area contributed by atoms with Gasteiger partial charge in [0.1, 0.15) is 5.75 Å². The predicted octanol–water partition coefficient (Wildman–Crippen LogP) is 2.06. The zero-order valence-corrected chi connectivity index (χ0v) is 12.3. The number of piperidine rings is 1. The highest BCUT2D eigenvalue weighted by molar-refractivity contribution is 5.48. The topological polar surface area (TPSA) is 50.5 Å². The van der Waals surface area contributed by atoms with E-state index < -0.39 is 0 Å². The summed E-state index contributed by atoms with van der Waals surface area (Å²) in [6.45, 7) is 3.14. The molecule has 2 saturated heterocycles. The van der Waals surface area contributed by atoms with Crippen molar-refractivity contribution in [1.82, 2.24) is 4.90 Å². The Morgan fingerprint density at radius 1 is 1.35 bits per heavy atom. The third kappa shape index (κ3) is 2.63. The van der Waals surface area contributed by atoms with Crippen LogP contribution in [-0.2, 0) is 0 Å². The smallest absolute Gasteiger partial charge is 0.119 e.